The summed E-state index contributed by atoms with van der Waals surface area (Å²) in [5.74, 6) is 7.55. The Bertz CT molecular complexity index is 541. The summed E-state index contributed by atoms with van der Waals surface area (Å²) in [6.45, 7) is 1.05. The molecule has 3 nitrogen and oxygen atoms in total. The molecule has 0 spiro atoms. The highest BCUT2D eigenvalue weighted by Gasteiger charge is 1.97. The first-order chi connectivity index (χ1) is 9.38. The van der Waals surface area contributed by atoms with Crippen molar-refractivity contribution < 1.29 is 4.74 Å². The molecule has 98 valence electrons. The number of thioether (sulfide) groups is 1. The normalized spacial score (nSPS) is 9.74. The van der Waals surface area contributed by atoms with Crippen LogP contribution in [0.3, 0.4) is 0 Å². The van der Waals surface area contributed by atoms with Gasteiger partial charge in [0.2, 0.25) is 0 Å². The lowest BCUT2D eigenvalue weighted by atomic mass is 10.2. The van der Waals surface area contributed by atoms with Gasteiger partial charge in [0.1, 0.15) is 10.1 Å². The Morgan fingerprint density at radius 1 is 1.32 bits per heavy atom. The van der Waals surface area contributed by atoms with Crippen molar-refractivity contribution in [3.8, 4) is 17.6 Å². The van der Waals surface area contributed by atoms with Gasteiger partial charge in [-0.2, -0.15) is 0 Å². The molecule has 0 amide bonds. The van der Waals surface area contributed by atoms with E-state index >= 15 is 0 Å². The molecule has 0 bridgehead atoms. The van der Waals surface area contributed by atoms with E-state index in [0.29, 0.717) is 13.2 Å². The molecule has 0 unspecified atom stereocenters. The fourth-order valence-corrected chi connectivity index (χ4v) is 2.88. The van der Waals surface area contributed by atoms with Crippen LogP contribution in [0.4, 0.5) is 0 Å². The van der Waals surface area contributed by atoms with Gasteiger partial charge in [-0.1, -0.05) is 23.6 Å². The Hall–Kier alpha value is -1.48. The lowest BCUT2D eigenvalue weighted by molar-refractivity contribution is 0.344. The molecule has 0 aliphatic carbocycles. The predicted octanol–water partition coefficient (Wildman–Crippen LogP) is 2.62. The largest absolute Gasteiger partial charge is 0.493 e. The van der Waals surface area contributed by atoms with Gasteiger partial charge in [-0.3, -0.25) is 0 Å². The van der Waals surface area contributed by atoms with Crippen molar-refractivity contribution in [3.05, 3.63) is 41.4 Å². The molecule has 2 N–H and O–H groups in total. The molecule has 5 heteroatoms. The van der Waals surface area contributed by atoms with Gasteiger partial charge in [0.15, 0.2) is 0 Å². The van der Waals surface area contributed by atoms with Crippen LogP contribution in [0.1, 0.15) is 5.56 Å². The quantitative estimate of drug-likeness (QED) is 0.522. The molecular formula is C14H14N2OS2. The average Bonchev–Trinajstić information content (AvgIpc) is 2.96. The Morgan fingerprint density at radius 3 is 2.84 bits per heavy atom. The summed E-state index contributed by atoms with van der Waals surface area (Å²) in [5.41, 5.74) is 6.28. The zero-order chi connectivity index (χ0) is 13.3. The van der Waals surface area contributed by atoms with Crippen LogP contribution in [0.15, 0.2) is 40.2 Å². The monoisotopic (exact) mass is 290 g/mol. The van der Waals surface area contributed by atoms with Crippen LogP contribution in [0, 0.1) is 11.8 Å². The molecule has 1 aromatic carbocycles. The topological polar surface area (TPSA) is 48.1 Å². The zero-order valence-electron chi connectivity index (χ0n) is 10.3. The van der Waals surface area contributed by atoms with Crippen molar-refractivity contribution in [2.75, 3.05) is 18.9 Å². The van der Waals surface area contributed by atoms with Crippen LogP contribution in [-0.4, -0.2) is 23.9 Å². The van der Waals surface area contributed by atoms with E-state index in [9.17, 15) is 0 Å². The standard InChI is InChI=1S/C14H14N2OS2/c15-7-1-2-12-3-5-13(6-4-12)17-9-11-19-14-16-8-10-18-14/h3-6,8,10H,7,9,11,15H2. The van der Waals surface area contributed by atoms with E-state index in [1.807, 2.05) is 35.8 Å². The van der Waals surface area contributed by atoms with Crippen LogP contribution in [0.2, 0.25) is 0 Å². The van der Waals surface area contributed by atoms with Gasteiger partial charge >= 0.3 is 0 Å². The summed E-state index contributed by atoms with van der Waals surface area (Å²) < 4.78 is 6.73. The van der Waals surface area contributed by atoms with Gasteiger partial charge < -0.3 is 10.5 Å². The number of hydrogen-bond donors (Lipinski definition) is 1. The second kappa shape index (κ2) is 7.85. The number of nitrogens with two attached hydrogens (primary N) is 1. The van der Waals surface area contributed by atoms with Crippen LogP contribution in [-0.2, 0) is 0 Å². The van der Waals surface area contributed by atoms with Gasteiger partial charge in [-0.15, -0.1) is 11.3 Å². The van der Waals surface area contributed by atoms with Crippen LogP contribution < -0.4 is 10.5 Å². The number of rotatable bonds is 5. The highest BCUT2D eigenvalue weighted by molar-refractivity contribution is 8.01. The first-order valence-corrected chi connectivity index (χ1v) is 7.69. The van der Waals surface area contributed by atoms with E-state index in [0.717, 1.165) is 21.4 Å². The highest BCUT2D eigenvalue weighted by atomic mass is 32.2. The van der Waals surface area contributed by atoms with Crippen molar-refractivity contribution in [2.45, 2.75) is 4.34 Å². The van der Waals surface area contributed by atoms with Crippen molar-refractivity contribution in [3.63, 3.8) is 0 Å². The highest BCUT2D eigenvalue weighted by Crippen LogP contribution is 2.20. The molecule has 2 rings (SSSR count). The maximum absolute atomic E-state index is 5.65. The smallest absolute Gasteiger partial charge is 0.149 e. The minimum atomic E-state index is 0.381. The second-order valence-electron chi connectivity index (χ2n) is 3.53. The molecule has 0 fully saturated rings. The summed E-state index contributed by atoms with van der Waals surface area (Å²) in [6, 6.07) is 7.72. The Balaban J connectivity index is 1.74. The average molecular weight is 290 g/mol. The van der Waals surface area contributed by atoms with Crippen LogP contribution >= 0.6 is 23.1 Å². The van der Waals surface area contributed by atoms with Gasteiger partial charge in [-0.25, -0.2) is 4.98 Å². The minimum absolute atomic E-state index is 0.381. The molecule has 0 aliphatic heterocycles. The maximum Gasteiger partial charge on any atom is 0.149 e. The first-order valence-electron chi connectivity index (χ1n) is 5.82. The van der Waals surface area contributed by atoms with E-state index < -0.39 is 0 Å². The van der Waals surface area contributed by atoms with Crippen molar-refractivity contribution in [2.24, 2.45) is 5.73 Å². The van der Waals surface area contributed by atoms with E-state index in [4.69, 9.17) is 10.5 Å². The fraction of sp³-hybridized carbons (Fsp3) is 0.214. The lowest BCUT2D eigenvalue weighted by Crippen LogP contribution is -1.99. The summed E-state index contributed by atoms with van der Waals surface area (Å²) in [7, 11) is 0. The second-order valence-corrected chi connectivity index (χ2v) is 5.76. The van der Waals surface area contributed by atoms with E-state index in [1.165, 1.54) is 0 Å². The van der Waals surface area contributed by atoms with Crippen LogP contribution in [0.5, 0.6) is 5.75 Å². The molecule has 1 aromatic heterocycles. The van der Waals surface area contributed by atoms with Crippen molar-refractivity contribution in [1.29, 1.82) is 0 Å². The molecule has 0 saturated heterocycles. The summed E-state index contributed by atoms with van der Waals surface area (Å²) in [6.07, 6.45) is 1.81. The van der Waals surface area contributed by atoms with Gasteiger partial charge in [0.25, 0.3) is 0 Å². The number of ether oxygens (including phenoxy) is 1. The Kier molecular flexibility index (Phi) is 5.76. The number of thiazole rings is 1. The summed E-state index contributed by atoms with van der Waals surface area (Å²) in [5, 5.41) is 1.98. The molecule has 0 radical (unpaired) electrons. The van der Waals surface area contributed by atoms with E-state index in [1.54, 1.807) is 23.1 Å². The predicted molar refractivity (Wildman–Crippen MR) is 80.7 cm³/mol. The Morgan fingerprint density at radius 2 is 2.16 bits per heavy atom. The van der Waals surface area contributed by atoms with Gasteiger partial charge in [0, 0.05) is 22.9 Å². The van der Waals surface area contributed by atoms with Gasteiger partial charge in [-0.05, 0) is 24.3 Å². The molecule has 0 atom stereocenters. The maximum atomic E-state index is 5.65. The SMILES string of the molecule is NCC#Cc1ccc(OCCSc2nccs2)cc1. The third kappa shape index (κ3) is 4.95. The van der Waals surface area contributed by atoms with Crippen molar-refractivity contribution >= 4 is 23.1 Å². The third-order valence-electron chi connectivity index (χ3n) is 2.18. The number of nitrogens with zero attached hydrogens (tertiary/aromatic N) is 1. The van der Waals surface area contributed by atoms with Crippen molar-refractivity contribution in [1.82, 2.24) is 4.98 Å². The number of hydrogen-bond acceptors (Lipinski definition) is 5. The molecule has 0 saturated carbocycles. The Labute approximate surface area is 121 Å². The van der Waals surface area contributed by atoms with Gasteiger partial charge in [0.05, 0.1) is 13.2 Å². The number of benzene rings is 1. The molecule has 1 heterocycles. The molecule has 0 aliphatic rings. The molecule has 2 aromatic rings. The first kappa shape index (κ1) is 13.9. The molecule has 19 heavy (non-hydrogen) atoms. The number of aromatic nitrogens is 1. The zero-order valence-corrected chi connectivity index (χ0v) is 12.0. The summed E-state index contributed by atoms with van der Waals surface area (Å²) >= 11 is 3.36. The fourth-order valence-electron chi connectivity index (χ4n) is 1.36. The van der Waals surface area contributed by atoms with E-state index in [-0.39, 0.29) is 0 Å². The summed E-state index contributed by atoms with van der Waals surface area (Å²) in [4.78, 5) is 4.20. The lowest BCUT2D eigenvalue weighted by Gasteiger charge is -2.04. The van der Waals surface area contributed by atoms with Crippen LogP contribution in [0.25, 0.3) is 0 Å². The molecular weight excluding hydrogens is 276 g/mol. The third-order valence-corrected chi connectivity index (χ3v) is 4.11. The minimum Gasteiger partial charge on any atom is -0.493 e. The van der Waals surface area contributed by atoms with E-state index in [2.05, 4.69) is 16.8 Å².